The molecule has 0 radical (unpaired) electrons. The van der Waals surface area contributed by atoms with Crippen molar-refractivity contribution in [3.63, 3.8) is 0 Å². The van der Waals surface area contributed by atoms with Crippen molar-refractivity contribution in [3.05, 3.63) is 56.3 Å². The van der Waals surface area contributed by atoms with Gasteiger partial charge in [-0.1, -0.05) is 17.7 Å². The molecule has 0 aromatic rings. The molecule has 0 saturated carbocycles. The van der Waals surface area contributed by atoms with Crippen molar-refractivity contribution >= 4 is 11.6 Å². The van der Waals surface area contributed by atoms with Gasteiger partial charge in [-0.05, 0) is 17.2 Å². The zero-order chi connectivity index (χ0) is 9.42. The molecule has 0 heterocycles. The summed E-state index contributed by atoms with van der Waals surface area (Å²) >= 11 is 5.79. The van der Waals surface area contributed by atoms with E-state index in [2.05, 4.69) is 0 Å². The monoisotopic (exact) mass is 195 g/mol. The predicted octanol–water partition coefficient (Wildman–Crippen LogP) is 2.54. The van der Waals surface area contributed by atoms with E-state index in [4.69, 9.17) is 11.6 Å². The van der Waals surface area contributed by atoms with Gasteiger partial charge in [0.2, 0.25) is 0 Å². The first-order valence-electron chi connectivity index (χ1n) is 3.80. The molecule has 2 rings (SSSR count). The normalized spacial score (nSPS) is 19.8. The van der Waals surface area contributed by atoms with Gasteiger partial charge in [-0.15, -0.1) is 0 Å². The summed E-state index contributed by atoms with van der Waals surface area (Å²) in [5.74, 6) is 0. The predicted molar refractivity (Wildman–Crippen MR) is 49.8 cm³/mol. The summed E-state index contributed by atoms with van der Waals surface area (Å²) in [5, 5.41) is 11.2. The second-order valence-electron chi connectivity index (χ2n) is 2.91. The molecule has 2 aliphatic carbocycles. The van der Waals surface area contributed by atoms with Crippen LogP contribution in [-0.4, -0.2) is 4.92 Å². The summed E-state index contributed by atoms with van der Waals surface area (Å²) in [5.41, 5.74) is 1.97. The van der Waals surface area contributed by atoms with Gasteiger partial charge in [-0.2, -0.15) is 0 Å². The van der Waals surface area contributed by atoms with E-state index in [1.54, 1.807) is 24.3 Å². The minimum absolute atomic E-state index is 0.140. The number of nitro groups is 1. The minimum atomic E-state index is -0.389. The van der Waals surface area contributed by atoms with E-state index in [0.717, 1.165) is 11.1 Å². The highest BCUT2D eigenvalue weighted by atomic mass is 35.5. The second-order valence-corrected chi connectivity index (χ2v) is 3.39. The number of allylic oxidation sites excluding steroid dienone is 7. The van der Waals surface area contributed by atoms with E-state index < -0.39 is 0 Å². The van der Waals surface area contributed by atoms with E-state index in [1.165, 1.54) is 0 Å². The van der Waals surface area contributed by atoms with Crippen molar-refractivity contribution in [1.29, 1.82) is 0 Å². The fourth-order valence-corrected chi connectivity index (χ4v) is 1.60. The molecule has 0 atom stereocenters. The van der Waals surface area contributed by atoms with Gasteiger partial charge in [-0.25, -0.2) is 0 Å². The maximum atomic E-state index is 10.4. The van der Waals surface area contributed by atoms with Crippen molar-refractivity contribution in [3.8, 4) is 0 Å². The summed E-state index contributed by atoms with van der Waals surface area (Å²) in [6.45, 7) is 0. The average molecular weight is 196 g/mol. The number of rotatable bonds is 1. The highest BCUT2D eigenvalue weighted by molar-refractivity contribution is 6.30. The zero-order valence-corrected chi connectivity index (χ0v) is 7.41. The molecule has 0 amide bonds. The molecule has 4 heteroatoms. The Bertz CT molecular complexity index is 402. The van der Waals surface area contributed by atoms with E-state index in [1.807, 2.05) is 0 Å². The molecular weight excluding hydrogens is 190 g/mol. The molecule has 0 fully saturated rings. The van der Waals surface area contributed by atoms with Crippen LogP contribution in [0.2, 0.25) is 0 Å². The molecule has 0 aliphatic heterocycles. The van der Waals surface area contributed by atoms with E-state index in [-0.39, 0.29) is 10.6 Å². The van der Waals surface area contributed by atoms with Crippen LogP contribution in [0.5, 0.6) is 0 Å². The van der Waals surface area contributed by atoms with Gasteiger partial charge in [0.25, 0.3) is 5.70 Å². The van der Waals surface area contributed by atoms with Crippen LogP contribution >= 0.6 is 11.6 Å². The lowest BCUT2D eigenvalue weighted by atomic mass is 10.0. The average Bonchev–Trinajstić information content (AvgIpc) is 2.46. The lowest BCUT2D eigenvalue weighted by Gasteiger charge is -2.06. The highest BCUT2D eigenvalue weighted by Gasteiger charge is 2.21. The molecule has 0 bridgehead atoms. The Kier molecular flexibility index (Phi) is 1.81. The van der Waals surface area contributed by atoms with Gasteiger partial charge in [0.1, 0.15) is 0 Å². The van der Waals surface area contributed by atoms with Gasteiger partial charge in [-0.3, -0.25) is 10.1 Å². The molecule has 3 nitrogen and oxygen atoms in total. The fraction of sp³-hybridized carbons (Fsp3) is 0.111. The van der Waals surface area contributed by atoms with E-state index >= 15 is 0 Å². The first-order chi connectivity index (χ1) is 6.16. The SMILES string of the molecule is O=[N+]([O-])C1=CC2=CC=C(Cl)CC2=C1. The first-order valence-corrected chi connectivity index (χ1v) is 4.18. The molecule has 0 saturated heterocycles. The second kappa shape index (κ2) is 2.85. The number of fused-ring (bicyclic) bond motifs is 1. The molecule has 0 N–H and O–H groups in total. The van der Waals surface area contributed by atoms with Gasteiger partial charge in [0, 0.05) is 23.6 Å². The summed E-state index contributed by atoms with van der Waals surface area (Å²) in [4.78, 5) is 10.1. The van der Waals surface area contributed by atoms with Crippen molar-refractivity contribution < 1.29 is 4.92 Å². The number of hydrogen-bond donors (Lipinski definition) is 0. The van der Waals surface area contributed by atoms with E-state index in [9.17, 15) is 10.1 Å². The van der Waals surface area contributed by atoms with Crippen molar-refractivity contribution in [2.45, 2.75) is 6.42 Å². The molecule has 0 spiro atoms. The first kappa shape index (κ1) is 8.26. The Morgan fingerprint density at radius 1 is 1.38 bits per heavy atom. The van der Waals surface area contributed by atoms with Crippen LogP contribution in [0.1, 0.15) is 6.42 Å². The lowest BCUT2D eigenvalue weighted by Crippen LogP contribution is -1.92. The van der Waals surface area contributed by atoms with Crippen LogP contribution in [0.4, 0.5) is 0 Å². The Balaban J connectivity index is 2.36. The summed E-state index contributed by atoms with van der Waals surface area (Å²) < 4.78 is 0. The third kappa shape index (κ3) is 1.42. The Hall–Kier alpha value is -1.35. The van der Waals surface area contributed by atoms with Crippen molar-refractivity contribution in [1.82, 2.24) is 0 Å². The molecule has 0 aromatic carbocycles. The molecule has 66 valence electrons. The van der Waals surface area contributed by atoms with Crippen LogP contribution in [0, 0.1) is 10.1 Å². The minimum Gasteiger partial charge on any atom is -0.258 e. The van der Waals surface area contributed by atoms with Crippen LogP contribution in [0.15, 0.2) is 46.2 Å². The molecule has 13 heavy (non-hydrogen) atoms. The van der Waals surface area contributed by atoms with Crippen molar-refractivity contribution in [2.75, 3.05) is 0 Å². The largest absolute Gasteiger partial charge is 0.270 e. The molecule has 0 aromatic heterocycles. The van der Waals surface area contributed by atoms with Crippen molar-refractivity contribution in [2.24, 2.45) is 0 Å². The smallest absolute Gasteiger partial charge is 0.258 e. The maximum absolute atomic E-state index is 10.4. The zero-order valence-electron chi connectivity index (χ0n) is 6.66. The topological polar surface area (TPSA) is 43.1 Å². The van der Waals surface area contributed by atoms with Gasteiger partial charge in [0.15, 0.2) is 0 Å². The third-order valence-electron chi connectivity index (χ3n) is 2.01. The standard InChI is InChI=1S/C9H6ClNO2/c10-8-2-1-6-4-9(11(12)13)5-7(6)3-8/h1-2,4-5H,3H2. The van der Waals surface area contributed by atoms with Crippen LogP contribution in [0.3, 0.4) is 0 Å². The third-order valence-corrected chi connectivity index (χ3v) is 2.27. The van der Waals surface area contributed by atoms with Crippen LogP contribution in [-0.2, 0) is 0 Å². The van der Waals surface area contributed by atoms with Gasteiger partial charge in [0.05, 0.1) is 4.92 Å². The summed E-state index contributed by atoms with van der Waals surface area (Å²) in [7, 11) is 0. The Morgan fingerprint density at radius 2 is 2.15 bits per heavy atom. The van der Waals surface area contributed by atoms with E-state index in [0.29, 0.717) is 11.5 Å². The number of halogens is 1. The molecule has 0 unspecified atom stereocenters. The quantitative estimate of drug-likeness (QED) is 0.477. The number of nitrogens with zero attached hydrogens (tertiary/aromatic N) is 1. The van der Waals surface area contributed by atoms with Gasteiger partial charge >= 0.3 is 0 Å². The summed E-state index contributed by atoms with van der Waals surface area (Å²) in [6.07, 6.45) is 7.30. The maximum Gasteiger partial charge on any atom is 0.270 e. The Labute approximate surface area is 79.8 Å². The fourth-order valence-electron chi connectivity index (χ4n) is 1.39. The summed E-state index contributed by atoms with van der Waals surface area (Å²) in [6, 6.07) is 0. The van der Waals surface area contributed by atoms with Crippen LogP contribution < -0.4 is 0 Å². The molecule has 2 aliphatic rings. The lowest BCUT2D eigenvalue weighted by molar-refractivity contribution is -0.418. The van der Waals surface area contributed by atoms with Crippen LogP contribution in [0.25, 0.3) is 0 Å². The molecular formula is C9H6ClNO2. The highest BCUT2D eigenvalue weighted by Crippen LogP contribution is 2.33. The Morgan fingerprint density at radius 3 is 2.85 bits per heavy atom. The van der Waals surface area contributed by atoms with Gasteiger partial charge < -0.3 is 0 Å². The number of hydrogen-bond acceptors (Lipinski definition) is 2.